The number of amidine groups is 1. The smallest absolute Gasteiger partial charge is 0.258 e. The van der Waals surface area contributed by atoms with Crippen molar-refractivity contribution in [2.24, 2.45) is 4.99 Å². The number of amides is 1. The first-order chi connectivity index (χ1) is 11.7. The van der Waals surface area contributed by atoms with Crippen molar-refractivity contribution in [2.75, 3.05) is 0 Å². The number of nitrogens with one attached hydrogen (secondary N) is 2. The van der Waals surface area contributed by atoms with Gasteiger partial charge >= 0.3 is 0 Å². The minimum Gasteiger partial charge on any atom is -0.472 e. The molecule has 0 aromatic carbocycles. The molecular formula is C18H16N4O2. The molecule has 0 bridgehead atoms. The predicted molar refractivity (Wildman–Crippen MR) is 93.7 cm³/mol. The Morgan fingerprint density at radius 3 is 3.08 bits per heavy atom. The lowest BCUT2D eigenvalue weighted by Gasteiger charge is -2.04. The van der Waals surface area contributed by atoms with Gasteiger partial charge in [0.1, 0.15) is 11.5 Å². The zero-order chi connectivity index (χ0) is 16.9. The number of fused-ring (bicyclic) bond motifs is 1. The number of aliphatic imine (C=N–C) groups is 1. The van der Waals surface area contributed by atoms with Crippen molar-refractivity contribution >= 4 is 22.8 Å². The molecule has 1 amide bonds. The summed E-state index contributed by atoms with van der Waals surface area (Å²) in [6.45, 7) is 5.48. The molecule has 0 fully saturated rings. The Labute approximate surface area is 138 Å². The lowest BCUT2D eigenvalue weighted by molar-refractivity contribution is 0.0977. The molecule has 3 aromatic rings. The maximum absolute atomic E-state index is 12.4. The predicted octanol–water partition coefficient (Wildman–Crippen LogP) is 3.67. The molecule has 24 heavy (non-hydrogen) atoms. The first-order valence-corrected chi connectivity index (χ1v) is 7.35. The van der Waals surface area contributed by atoms with Crippen molar-refractivity contribution in [3.8, 4) is 11.1 Å². The van der Waals surface area contributed by atoms with Gasteiger partial charge in [-0.1, -0.05) is 12.7 Å². The third-order valence-corrected chi connectivity index (χ3v) is 3.42. The maximum atomic E-state index is 12.4. The van der Waals surface area contributed by atoms with Crippen molar-refractivity contribution in [2.45, 2.75) is 6.92 Å². The molecule has 0 aliphatic rings. The standard InChI is InChI=1S/C18H16N4O2/c1-3-6-19-16(4-2)22-18(23)13-8-14-15(12-5-7-24-11-12)10-21-17(14)20-9-13/h3-11H,2H2,1H3,(H,20,21)(H,19,22,23)/b6-3-. The van der Waals surface area contributed by atoms with Gasteiger partial charge in [0.05, 0.1) is 18.1 Å². The number of aromatic amines is 1. The van der Waals surface area contributed by atoms with Crippen LogP contribution in [0.15, 0.2) is 71.4 Å². The van der Waals surface area contributed by atoms with Crippen LogP contribution in [0.4, 0.5) is 0 Å². The van der Waals surface area contributed by atoms with Crippen LogP contribution in [-0.2, 0) is 0 Å². The third kappa shape index (κ3) is 3.03. The van der Waals surface area contributed by atoms with Crippen LogP contribution in [0, 0.1) is 0 Å². The monoisotopic (exact) mass is 320 g/mol. The van der Waals surface area contributed by atoms with Crippen LogP contribution in [0.25, 0.3) is 22.2 Å². The van der Waals surface area contributed by atoms with E-state index in [9.17, 15) is 4.79 Å². The Morgan fingerprint density at radius 1 is 1.50 bits per heavy atom. The second-order valence-corrected chi connectivity index (χ2v) is 4.99. The lowest BCUT2D eigenvalue weighted by Crippen LogP contribution is -2.28. The summed E-state index contributed by atoms with van der Waals surface area (Å²) in [5.74, 6) is 0.0780. The molecule has 0 saturated heterocycles. The maximum Gasteiger partial charge on any atom is 0.258 e. The molecule has 3 rings (SSSR count). The highest BCUT2D eigenvalue weighted by molar-refractivity contribution is 6.11. The van der Waals surface area contributed by atoms with Crippen molar-refractivity contribution in [3.63, 3.8) is 0 Å². The van der Waals surface area contributed by atoms with E-state index >= 15 is 0 Å². The molecule has 0 atom stereocenters. The first-order valence-electron chi connectivity index (χ1n) is 7.35. The molecule has 0 spiro atoms. The van der Waals surface area contributed by atoms with E-state index in [0.29, 0.717) is 17.0 Å². The molecule has 2 N–H and O–H groups in total. The number of hydrogen-bond donors (Lipinski definition) is 2. The Hall–Kier alpha value is -3.41. The van der Waals surface area contributed by atoms with Crippen LogP contribution in [0.5, 0.6) is 0 Å². The molecule has 3 aromatic heterocycles. The number of H-pyrrole nitrogens is 1. The van der Waals surface area contributed by atoms with Crippen LogP contribution in [0.3, 0.4) is 0 Å². The SMILES string of the molecule is C=CC(=N/C=C\C)NC(=O)c1cnc2[nH]cc(-c3ccoc3)c2c1. The van der Waals surface area contributed by atoms with E-state index in [1.54, 1.807) is 30.9 Å². The number of furan rings is 1. The van der Waals surface area contributed by atoms with Gasteiger partial charge in [-0.25, -0.2) is 9.98 Å². The number of hydrogen-bond acceptors (Lipinski definition) is 4. The van der Waals surface area contributed by atoms with E-state index in [-0.39, 0.29) is 5.91 Å². The fraction of sp³-hybridized carbons (Fsp3) is 0.0556. The minimum absolute atomic E-state index is 0.299. The van der Waals surface area contributed by atoms with Crippen LogP contribution in [-0.4, -0.2) is 21.7 Å². The number of carbonyl (C=O) groups is 1. The summed E-state index contributed by atoms with van der Waals surface area (Å²) in [5, 5.41) is 3.54. The van der Waals surface area contributed by atoms with E-state index in [1.807, 2.05) is 19.2 Å². The Kier molecular flexibility index (Phi) is 4.38. The van der Waals surface area contributed by atoms with Crippen molar-refractivity contribution in [1.29, 1.82) is 0 Å². The zero-order valence-electron chi connectivity index (χ0n) is 13.1. The van der Waals surface area contributed by atoms with Gasteiger partial charge in [0.2, 0.25) is 0 Å². The Balaban J connectivity index is 1.94. The molecule has 0 aliphatic heterocycles. The van der Waals surface area contributed by atoms with Crippen molar-refractivity contribution in [3.05, 3.63) is 67.5 Å². The fourth-order valence-electron chi connectivity index (χ4n) is 2.26. The molecule has 0 saturated carbocycles. The van der Waals surface area contributed by atoms with Gasteiger partial charge in [-0.2, -0.15) is 0 Å². The highest BCUT2D eigenvalue weighted by Gasteiger charge is 2.13. The van der Waals surface area contributed by atoms with Crippen LogP contribution < -0.4 is 5.32 Å². The summed E-state index contributed by atoms with van der Waals surface area (Å²) in [5.41, 5.74) is 2.98. The number of carbonyl (C=O) groups excluding carboxylic acids is 1. The van der Waals surface area contributed by atoms with Crippen LogP contribution >= 0.6 is 0 Å². The Bertz CT molecular complexity index is 933. The zero-order valence-corrected chi connectivity index (χ0v) is 13.1. The second-order valence-electron chi connectivity index (χ2n) is 4.99. The molecule has 0 unspecified atom stereocenters. The highest BCUT2D eigenvalue weighted by atomic mass is 16.3. The van der Waals surface area contributed by atoms with Crippen LogP contribution in [0.2, 0.25) is 0 Å². The topological polar surface area (TPSA) is 83.3 Å². The van der Waals surface area contributed by atoms with Crippen molar-refractivity contribution in [1.82, 2.24) is 15.3 Å². The average Bonchev–Trinajstić information content (AvgIpc) is 3.26. The molecule has 6 nitrogen and oxygen atoms in total. The number of allylic oxidation sites excluding steroid dienone is 1. The third-order valence-electron chi connectivity index (χ3n) is 3.42. The van der Waals surface area contributed by atoms with Gasteiger partial charge in [0, 0.05) is 35.1 Å². The first kappa shape index (κ1) is 15.5. The fourth-order valence-corrected chi connectivity index (χ4v) is 2.26. The van der Waals surface area contributed by atoms with Gasteiger partial charge in [-0.3, -0.25) is 4.79 Å². The lowest BCUT2D eigenvalue weighted by atomic mass is 10.1. The number of nitrogens with zero attached hydrogens (tertiary/aromatic N) is 2. The van der Waals surface area contributed by atoms with E-state index in [2.05, 4.69) is 26.9 Å². The van der Waals surface area contributed by atoms with E-state index in [4.69, 9.17) is 4.42 Å². The summed E-state index contributed by atoms with van der Waals surface area (Å²) in [4.78, 5) is 23.9. The molecule has 120 valence electrons. The second kappa shape index (κ2) is 6.78. The minimum atomic E-state index is -0.299. The summed E-state index contributed by atoms with van der Waals surface area (Å²) in [6, 6.07) is 3.64. The highest BCUT2D eigenvalue weighted by Crippen LogP contribution is 2.28. The number of pyridine rings is 1. The summed E-state index contributed by atoms with van der Waals surface area (Å²) >= 11 is 0. The van der Waals surface area contributed by atoms with Gasteiger partial charge in [-0.05, 0) is 25.1 Å². The summed E-state index contributed by atoms with van der Waals surface area (Å²) in [6.07, 6.45) is 11.4. The van der Waals surface area contributed by atoms with Gasteiger partial charge in [0.25, 0.3) is 5.91 Å². The molecular weight excluding hydrogens is 304 g/mol. The van der Waals surface area contributed by atoms with Gasteiger partial charge in [-0.15, -0.1) is 0 Å². The number of aromatic nitrogens is 2. The normalized spacial score (nSPS) is 12.0. The van der Waals surface area contributed by atoms with E-state index in [1.165, 1.54) is 12.3 Å². The van der Waals surface area contributed by atoms with Gasteiger partial charge in [0.15, 0.2) is 0 Å². The van der Waals surface area contributed by atoms with E-state index < -0.39 is 0 Å². The molecule has 0 radical (unpaired) electrons. The molecule has 6 heteroatoms. The van der Waals surface area contributed by atoms with Crippen LogP contribution in [0.1, 0.15) is 17.3 Å². The number of rotatable bonds is 4. The summed E-state index contributed by atoms with van der Waals surface area (Å²) in [7, 11) is 0. The van der Waals surface area contributed by atoms with E-state index in [0.717, 1.165) is 16.5 Å². The summed E-state index contributed by atoms with van der Waals surface area (Å²) < 4.78 is 5.12. The Morgan fingerprint density at radius 2 is 2.38 bits per heavy atom. The molecule has 3 heterocycles. The van der Waals surface area contributed by atoms with Crippen molar-refractivity contribution < 1.29 is 9.21 Å². The van der Waals surface area contributed by atoms with Gasteiger partial charge < -0.3 is 14.7 Å². The average molecular weight is 320 g/mol. The quantitative estimate of drug-likeness (QED) is 0.568. The largest absolute Gasteiger partial charge is 0.472 e. The molecule has 0 aliphatic carbocycles.